The zero-order valence-corrected chi connectivity index (χ0v) is 11.7. The standard InChI is InChI=1S/C16H24N3/c1-2-4-15(5-3-1)14-18-10-6-16(7-11-18)19-12-8-17-9-13-19/h1-5,16H,6-14H2. The molecule has 0 aliphatic carbocycles. The first-order valence-electron chi connectivity index (χ1n) is 7.55. The second-order valence-electron chi connectivity index (χ2n) is 5.70. The van der Waals surface area contributed by atoms with Gasteiger partial charge in [-0.25, -0.2) is 5.32 Å². The van der Waals surface area contributed by atoms with Gasteiger partial charge in [0.15, 0.2) is 0 Å². The van der Waals surface area contributed by atoms with Gasteiger partial charge in [0.05, 0.1) is 0 Å². The molecule has 0 amide bonds. The number of piperidine rings is 1. The largest absolute Gasteiger partial charge is 0.299 e. The third kappa shape index (κ3) is 3.56. The summed E-state index contributed by atoms with van der Waals surface area (Å²) < 4.78 is 0. The lowest BCUT2D eigenvalue weighted by Crippen LogP contribution is -2.50. The fourth-order valence-corrected chi connectivity index (χ4v) is 3.27. The van der Waals surface area contributed by atoms with Gasteiger partial charge in [-0.1, -0.05) is 30.3 Å². The number of likely N-dealkylation sites (tertiary alicyclic amines) is 1. The fraction of sp³-hybridized carbons (Fsp3) is 0.625. The number of nitrogens with zero attached hydrogens (tertiary/aromatic N) is 3. The topological polar surface area (TPSA) is 20.6 Å². The summed E-state index contributed by atoms with van der Waals surface area (Å²) >= 11 is 0. The molecule has 103 valence electrons. The Morgan fingerprint density at radius 3 is 2.32 bits per heavy atom. The molecule has 2 heterocycles. The maximum atomic E-state index is 4.44. The molecule has 0 bridgehead atoms. The van der Waals surface area contributed by atoms with Gasteiger partial charge < -0.3 is 0 Å². The van der Waals surface area contributed by atoms with Gasteiger partial charge >= 0.3 is 0 Å². The summed E-state index contributed by atoms with van der Waals surface area (Å²) in [6.07, 6.45) is 2.65. The van der Waals surface area contributed by atoms with Crippen LogP contribution < -0.4 is 5.32 Å². The quantitative estimate of drug-likeness (QED) is 0.820. The van der Waals surface area contributed by atoms with E-state index < -0.39 is 0 Å². The minimum atomic E-state index is 0.808. The lowest BCUT2D eigenvalue weighted by molar-refractivity contribution is 0.0940. The Morgan fingerprint density at radius 2 is 1.63 bits per heavy atom. The lowest BCUT2D eigenvalue weighted by Gasteiger charge is -2.40. The number of benzene rings is 1. The Bertz CT molecular complexity index is 365. The van der Waals surface area contributed by atoms with Crippen molar-refractivity contribution in [2.45, 2.75) is 25.4 Å². The zero-order valence-electron chi connectivity index (χ0n) is 11.7. The Labute approximate surface area is 116 Å². The minimum absolute atomic E-state index is 0.808. The van der Waals surface area contributed by atoms with Gasteiger partial charge in [-0.3, -0.25) is 9.80 Å². The van der Waals surface area contributed by atoms with E-state index in [1.807, 2.05) is 0 Å². The molecule has 2 fully saturated rings. The van der Waals surface area contributed by atoms with Gasteiger partial charge in [0.25, 0.3) is 0 Å². The van der Waals surface area contributed by atoms with Crippen LogP contribution in [0.3, 0.4) is 0 Å². The van der Waals surface area contributed by atoms with Crippen LogP contribution in [0.5, 0.6) is 0 Å². The maximum absolute atomic E-state index is 4.44. The van der Waals surface area contributed by atoms with Crippen molar-refractivity contribution in [3.8, 4) is 0 Å². The molecular weight excluding hydrogens is 234 g/mol. The molecule has 0 aromatic heterocycles. The molecule has 2 aliphatic heterocycles. The Balaban J connectivity index is 1.46. The number of hydrogen-bond acceptors (Lipinski definition) is 2. The molecule has 1 aromatic carbocycles. The second kappa shape index (κ2) is 6.51. The predicted molar refractivity (Wildman–Crippen MR) is 78.2 cm³/mol. The first-order valence-corrected chi connectivity index (χ1v) is 7.55. The summed E-state index contributed by atoms with van der Waals surface area (Å²) in [6, 6.07) is 11.6. The van der Waals surface area contributed by atoms with E-state index in [9.17, 15) is 0 Å². The number of piperazine rings is 1. The smallest absolute Gasteiger partial charge is 0.0261 e. The lowest BCUT2D eigenvalue weighted by atomic mass is 10.0. The molecule has 1 radical (unpaired) electrons. The van der Waals surface area contributed by atoms with Crippen molar-refractivity contribution < 1.29 is 0 Å². The summed E-state index contributed by atoms with van der Waals surface area (Å²) in [6.45, 7) is 8.06. The van der Waals surface area contributed by atoms with Crippen LogP contribution in [0.15, 0.2) is 30.3 Å². The summed E-state index contributed by atoms with van der Waals surface area (Å²) in [5, 5.41) is 4.44. The first-order chi connectivity index (χ1) is 9.42. The Morgan fingerprint density at radius 1 is 0.947 bits per heavy atom. The molecule has 1 aromatic rings. The summed E-state index contributed by atoms with van der Waals surface area (Å²) in [5.74, 6) is 0. The summed E-state index contributed by atoms with van der Waals surface area (Å²) in [7, 11) is 0. The van der Waals surface area contributed by atoms with Gasteiger partial charge in [0.2, 0.25) is 0 Å². The van der Waals surface area contributed by atoms with Crippen LogP contribution in [0.25, 0.3) is 0 Å². The molecule has 3 rings (SSSR count). The van der Waals surface area contributed by atoms with Crippen molar-refractivity contribution in [1.29, 1.82) is 0 Å². The predicted octanol–water partition coefficient (Wildman–Crippen LogP) is 1.57. The van der Waals surface area contributed by atoms with Gasteiger partial charge in [-0.05, 0) is 31.5 Å². The number of hydrogen-bond donors (Lipinski definition) is 0. The molecule has 0 saturated carbocycles. The van der Waals surface area contributed by atoms with Crippen molar-refractivity contribution in [3.63, 3.8) is 0 Å². The van der Waals surface area contributed by atoms with Crippen LogP contribution in [0.1, 0.15) is 18.4 Å². The highest BCUT2D eigenvalue weighted by Crippen LogP contribution is 2.18. The molecule has 2 aliphatic rings. The summed E-state index contributed by atoms with van der Waals surface area (Å²) in [4.78, 5) is 5.26. The van der Waals surface area contributed by atoms with E-state index in [0.717, 1.165) is 25.7 Å². The molecule has 0 N–H and O–H groups in total. The molecule has 3 heteroatoms. The third-order valence-electron chi connectivity index (χ3n) is 4.41. The van der Waals surface area contributed by atoms with E-state index in [0.29, 0.717) is 0 Å². The zero-order chi connectivity index (χ0) is 12.9. The van der Waals surface area contributed by atoms with E-state index in [1.165, 1.54) is 44.6 Å². The highest BCUT2D eigenvalue weighted by atomic mass is 15.2. The monoisotopic (exact) mass is 258 g/mol. The molecule has 3 nitrogen and oxygen atoms in total. The van der Waals surface area contributed by atoms with Crippen molar-refractivity contribution in [2.75, 3.05) is 39.3 Å². The third-order valence-corrected chi connectivity index (χ3v) is 4.41. The van der Waals surface area contributed by atoms with Crippen LogP contribution in [0.2, 0.25) is 0 Å². The molecule has 2 saturated heterocycles. The highest BCUT2D eigenvalue weighted by Gasteiger charge is 2.25. The van der Waals surface area contributed by atoms with E-state index in [2.05, 4.69) is 45.4 Å². The Hall–Kier alpha value is -0.900. The van der Waals surface area contributed by atoms with Crippen LogP contribution in [-0.2, 0) is 6.54 Å². The van der Waals surface area contributed by atoms with Crippen molar-refractivity contribution in [2.24, 2.45) is 0 Å². The Kier molecular flexibility index (Phi) is 4.49. The van der Waals surface area contributed by atoms with Crippen LogP contribution in [-0.4, -0.2) is 55.1 Å². The minimum Gasteiger partial charge on any atom is -0.299 e. The van der Waals surface area contributed by atoms with Gasteiger partial charge in [0.1, 0.15) is 0 Å². The van der Waals surface area contributed by atoms with Crippen molar-refractivity contribution in [1.82, 2.24) is 15.1 Å². The first kappa shape index (κ1) is 13.1. The normalized spacial score (nSPS) is 23.6. The SMILES string of the molecule is c1ccc(CN2CCC(N3CC[N]CC3)CC2)cc1. The average Bonchev–Trinajstić information content (AvgIpc) is 2.50. The molecule has 19 heavy (non-hydrogen) atoms. The van der Waals surface area contributed by atoms with Gasteiger partial charge in [-0.2, -0.15) is 0 Å². The van der Waals surface area contributed by atoms with E-state index in [-0.39, 0.29) is 0 Å². The summed E-state index contributed by atoms with van der Waals surface area (Å²) in [5.41, 5.74) is 1.44. The highest BCUT2D eigenvalue weighted by molar-refractivity contribution is 5.14. The molecular formula is C16H24N3. The number of rotatable bonds is 3. The second-order valence-corrected chi connectivity index (χ2v) is 5.70. The van der Waals surface area contributed by atoms with Crippen molar-refractivity contribution >= 4 is 0 Å². The van der Waals surface area contributed by atoms with E-state index >= 15 is 0 Å². The van der Waals surface area contributed by atoms with Crippen molar-refractivity contribution in [3.05, 3.63) is 35.9 Å². The fourth-order valence-electron chi connectivity index (χ4n) is 3.27. The molecule has 0 spiro atoms. The van der Waals surface area contributed by atoms with Gasteiger partial charge in [0, 0.05) is 38.8 Å². The van der Waals surface area contributed by atoms with Crippen LogP contribution in [0.4, 0.5) is 0 Å². The van der Waals surface area contributed by atoms with E-state index in [1.54, 1.807) is 0 Å². The van der Waals surface area contributed by atoms with Gasteiger partial charge in [-0.15, -0.1) is 0 Å². The maximum Gasteiger partial charge on any atom is 0.0261 e. The average molecular weight is 258 g/mol. The van der Waals surface area contributed by atoms with E-state index in [4.69, 9.17) is 0 Å². The molecule has 0 atom stereocenters. The molecule has 0 unspecified atom stereocenters. The van der Waals surface area contributed by atoms with Crippen LogP contribution in [0, 0.1) is 0 Å². The van der Waals surface area contributed by atoms with Crippen LogP contribution >= 0.6 is 0 Å².